The zero-order valence-corrected chi connectivity index (χ0v) is 29.1. The van der Waals surface area contributed by atoms with Gasteiger partial charge in [0.15, 0.2) is 0 Å². The molecule has 0 aromatic heterocycles. The fourth-order valence-electron chi connectivity index (χ4n) is 8.58. The number of nitrogens with zero attached hydrogens (tertiary/aromatic N) is 5. The molecule has 7 rings (SSSR count). The van der Waals surface area contributed by atoms with E-state index >= 15 is 0 Å². The van der Waals surface area contributed by atoms with Crippen molar-refractivity contribution in [1.82, 2.24) is 19.6 Å². The van der Waals surface area contributed by atoms with Crippen molar-refractivity contribution in [2.24, 2.45) is 5.92 Å². The number of carbonyl (C=O) groups excluding carboxylic acids is 3. The van der Waals surface area contributed by atoms with E-state index in [0.717, 1.165) is 53.5 Å². The topological polar surface area (TPSA) is 97.9 Å². The Bertz CT molecular complexity index is 1740. The number of benzene rings is 3. The molecule has 0 bridgehead atoms. The second-order valence-corrected chi connectivity index (χ2v) is 14.1. The molecule has 11 nitrogen and oxygen atoms in total. The fraction of sp³-hybridized carbons (Fsp3) is 0.500. The van der Waals surface area contributed by atoms with Gasteiger partial charge in [-0.15, -0.1) is 0 Å². The Morgan fingerprint density at radius 2 is 1.80 bits per heavy atom. The van der Waals surface area contributed by atoms with E-state index in [0.29, 0.717) is 63.8 Å². The first-order chi connectivity index (χ1) is 23.7. The Morgan fingerprint density at radius 1 is 1.02 bits per heavy atom. The van der Waals surface area contributed by atoms with Crippen molar-refractivity contribution in [2.75, 3.05) is 83.9 Å². The third kappa shape index (κ3) is 5.91. The van der Waals surface area contributed by atoms with Crippen LogP contribution in [0.15, 0.2) is 54.6 Å². The highest BCUT2D eigenvalue weighted by molar-refractivity contribution is 6.09. The molecule has 4 saturated heterocycles. The maximum absolute atomic E-state index is 14.7. The summed E-state index contributed by atoms with van der Waals surface area (Å²) in [6.07, 6.45) is 1.91. The van der Waals surface area contributed by atoms with Crippen molar-refractivity contribution in [2.45, 2.75) is 44.3 Å². The fourth-order valence-corrected chi connectivity index (χ4v) is 8.58. The molecule has 3 aromatic carbocycles. The third-order valence-electron chi connectivity index (χ3n) is 10.9. The first-order valence-corrected chi connectivity index (χ1v) is 17.6. The minimum Gasteiger partial charge on any atom is -0.495 e. The smallest absolute Gasteiger partial charge is 0.328 e. The average Bonchev–Trinajstić information content (AvgIpc) is 3.67. The quantitative estimate of drug-likeness (QED) is 0.297. The van der Waals surface area contributed by atoms with E-state index in [1.54, 1.807) is 7.11 Å². The van der Waals surface area contributed by atoms with Gasteiger partial charge in [-0.1, -0.05) is 43.3 Å². The molecule has 4 aliphatic heterocycles. The second kappa shape index (κ2) is 13.6. The molecule has 0 aliphatic carbocycles. The van der Waals surface area contributed by atoms with Gasteiger partial charge in [0.2, 0.25) is 5.91 Å². The van der Waals surface area contributed by atoms with Gasteiger partial charge >= 0.3 is 6.03 Å². The molecule has 3 aromatic rings. The second-order valence-electron chi connectivity index (χ2n) is 14.1. The molecule has 4 fully saturated rings. The SMILES string of the molecule is CCCC(=O)Nc1cc(CN2C[C@H]3C[C@@H](c4ccc(N(C)C)c5ccccc45)N4C(=O)N(CCN5CCOCC5)C(=O)C34C2)ccc1OC. The van der Waals surface area contributed by atoms with Crippen LogP contribution in [0.2, 0.25) is 0 Å². The summed E-state index contributed by atoms with van der Waals surface area (Å²) in [5, 5.41) is 5.26. The van der Waals surface area contributed by atoms with E-state index in [9.17, 15) is 14.4 Å². The lowest BCUT2D eigenvalue weighted by molar-refractivity contribution is -0.133. The Kier molecular flexibility index (Phi) is 9.25. The van der Waals surface area contributed by atoms with Gasteiger partial charge in [-0.25, -0.2) is 4.79 Å². The number of urea groups is 1. The summed E-state index contributed by atoms with van der Waals surface area (Å²) in [7, 11) is 5.69. The van der Waals surface area contributed by atoms with Crippen LogP contribution in [0.1, 0.15) is 43.4 Å². The first kappa shape index (κ1) is 33.3. The summed E-state index contributed by atoms with van der Waals surface area (Å²) >= 11 is 0. The van der Waals surface area contributed by atoms with Crippen molar-refractivity contribution >= 4 is 40.0 Å². The molecule has 49 heavy (non-hydrogen) atoms. The van der Waals surface area contributed by atoms with Gasteiger partial charge in [-0.2, -0.15) is 0 Å². The number of carbonyl (C=O) groups is 3. The maximum atomic E-state index is 14.7. The Balaban J connectivity index is 1.20. The molecule has 1 N–H and O–H groups in total. The number of fused-ring (bicyclic) bond motifs is 1. The van der Waals surface area contributed by atoms with Crippen LogP contribution in [-0.4, -0.2) is 117 Å². The largest absolute Gasteiger partial charge is 0.495 e. The van der Waals surface area contributed by atoms with Gasteiger partial charge in [0.05, 0.1) is 32.1 Å². The molecule has 11 heteroatoms. The minimum absolute atomic E-state index is 0.0170. The zero-order valence-electron chi connectivity index (χ0n) is 29.1. The van der Waals surface area contributed by atoms with Gasteiger partial charge in [-0.05, 0) is 47.6 Å². The monoisotopic (exact) mass is 668 g/mol. The lowest BCUT2D eigenvalue weighted by Gasteiger charge is -2.33. The van der Waals surface area contributed by atoms with Crippen LogP contribution >= 0.6 is 0 Å². The molecule has 4 aliphatic rings. The standard InChI is InChI=1S/C38H48N6O5/c1-5-8-35(45)39-31-21-26(11-14-34(31)48-4)23-42-24-27-22-33(30-12-13-32(40(2)3)29-10-7-6-9-28(29)30)44-37(47)43(36(46)38(27,44)25-42)16-15-41-17-19-49-20-18-41/h6-7,9-14,21,27,33H,5,8,15-20,22-25H2,1-4H3,(H,39,45)/t27-,33+,38?/m1/s1. The van der Waals surface area contributed by atoms with E-state index in [-0.39, 0.29) is 29.8 Å². The van der Waals surface area contributed by atoms with Gasteiger partial charge < -0.3 is 24.6 Å². The summed E-state index contributed by atoms with van der Waals surface area (Å²) in [5.74, 6) is 0.473. The molecule has 1 unspecified atom stereocenters. The molecule has 0 saturated carbocycles. The number of morpholine rings is 1. The normalized spacial score (nSPS) is 24.1. The van der Waals surface area contributed by atoms with Crippen molar-refractivity contribution in [3.8, 4) is 5.75 Å². The summed E-state index contributed by atoms with van der Waals surface area (Å²) in [6.45, 7) is 7.68. The summed E-state index contributed by atoms with van der Waals surface area (Å²) in [4.78, 5) is 51.9. The van der Waals surface area contributed by atoms with Crippen molar-refractivity contribution in [3.63, 3.8) is 0 Å². The summed E-state index contributed by atoms with van der Waals surface area (Å²) in [5.41, 5.74) is 2.95. The van der Waals surface area contributed by atoms with Crippen LogP contribution in [-0.2, 0) is 20.9 Å². The average molecular weight is 669 g/mol. The van der Waals surface area contributed by atoms with Crippen LogP contribution in [0.25, 0.3) is 10.8 Å². The predicted molar refractivity (Wildman–Crippen MR) is 190 cm³/mol. The lowest BCUT2D eigenvalue weighted by Crippen LogP contribution is -2.51. The molecule has 0 radical (unpaired) electrons. The summed E-state index contributed by atoms with van der Waals surface area (Å²) in [6, 6.07) is 18.2. The molecule has 4 amide bonds. The van der Waals surface area contributed by atoms with E-state index in [2.05, 4.69) is 56.4 Å². The maximum Gasteiger partial charge on any atom is 0.328 e. The Hall–Kier alpha value is -4.19. The number of hydrogen-bond acceptors (Lipinski definition) is 8. The molecule has 4 heterocycles. The number of likely N-dealkylation sites (tertiary alicyclic amines) is 1. The molecular formula is C38H48N6O5. The van der Waals surface area contributed by atoms with Gasteiger partial charge in [-0.3, -0.25) is 24.3 Å². The van der Waals surface area contributed by atoms with E-state index < -0.39 is 5.54 Å². The first-order valence-electron chi connectivity index (χ1n) is 17.6. The molecule has 1 spiro atoms. The number of amides is 4. The van der Waals surface area contributed by atoms with Crippen LogP contribution in [0.4, 0.5) is 16.2 Å². The van der Waals surface area contributed by atoms with Crippen molar-refractivity contribution in [1.29, 1.82) is 0 Å². The molecule has 260 valence electrons. The highest BCUT2D eigenvalue weighted by Crippen LogP contribution is 2.56. The van der Waals surface area contributed by atoms with E-state index in [4.69, 9.17) is 9.47 Å². The zero-order chi connectivity index (χ0) is 34.3. The predicted octanol–water partition coefficient (Wildman–Crippen LogP) is 4.57. The van der Waals surface area contributed by atoms with Gasteiger partial charge in [0.1, 0.15) is 11.3 Å². The van der Waals surface area contributed by atoms with Crippen LogP contribution in [0, 0.1) is 5.92 Å². The highest BCUT2D eigenvalue weighted by Gasteiger charge is 2.70. The Morgan fingerprint density at radius 3 is 2.53 bits per heavy atom. The third-order valence-corrected chi connectivity index (χ3v) is 10.9. The van der Waals surface area contributed by atoms with Gasteiger partial charge in [0, 0.05) is 83.3 Å². The number of ether oxygens (including phenoxy) is 2. The van der Waals surface area contributed by atoms with E-state index in [1.165, 1.54) is 4.90 Å². The van der Waals surface area contributed by atoms with E-state index in [1.807, 2.05) is 44.1 Å². The van der Waals surface area contributed by atoms with Crippen LogP contribution in [0.5, 0.6) is 5.75 Å². The van der Waals surface area contributed by atoms with Crippen molar-refractivity contribution in [3.05, 3.63) is 65.7 Å². The number of hydrogen-bond donors (Lipinski definition) is 1. The Labute approximate surface area is 288 Å². The summed E-state index contributed by atoms with van der Waals surface area (Å²) < 4.78 is 11.1. The minimum atomic E-state index is -0.932. The number of anilines is 2. The number of methoxy groups -OCH3 is 1. The highest BCUT2D eigenvalue weighted by atomic mass is 16.5. The number of rotatable bonds is 11. The van der Waals surface area contributed by atoms with Crippen LogP contribution in [0.3, 0.4) is 0 Å². The number of nitrogens with one attached hydrogen (secondary N) is 1. The van der Waals surface area contributed by atoms with Gasteiger partial charge in [0.25, 0.3) is 5.91 Å². The van der Waals surface area contributed by atoms with Crippen molar-refractivity contribution < 1.29 is 23.9 Å². The molecule has 3 atom stereocenters. The molecular weight excluding hydrogens is 620 g/mol. The van der Waals surface area contributed by atoms with Crippen LogP contribution < -0.4 is 15.0 Å². The lowest BCUT2D eigenvalue weighted by atomic mass is 9.87. The number of imide groups is 1.